The summed E-state index contributed by atoms with van der Waals surface area (Å²) in [6, 6.07) is 8.45. The van der Waals surface area contributed by atoms with Gasteiger partial charge in [0.25, 0.3) is 0 Å². The third-order valence-electron chi connectivity index (χ3n) is 5.02. The predicted octanol–water partition coefficient (Wildman–Crippen LogP) is 3.03. The predicted molar refractivity (Wildman–Crippen MR) is 75.0 cm³/mol. The van der Waals surface area contributed by atoms with Crippen molar-refractivity contribution in [3.63, 3.8) is 0 Å². The van der Waals surface area contributed by atoms with Crippen LogP contribution in [0.25, 0.3) is 0 Å². The summed E-state index contributed by atoms with van der Waals surface area (Å²) in [6.45, 7) is 6.28. The molecule has 4 atom stereocenters. The number of Topliss-reactive ketones (excluding diaryl/α,β-unsaturated/α-hetero) is 1. The van der Waals surface area contributed by atoms with Crippen LogP contribution in [-0.4, -0.2) is 18.0 Å². The fraction of sp³-hybridized carbons (Fsp3) is 0.588. The molecule has 1 fully saturated rings. The van der Waals surface area contributed by atoms with E-state index in [4.69, 9.17) is 4.74 Å². The molecule has 0 amide bonds. The van der Waals surface area contributed by atoms with Gasteiger partial charge >= 0.3 is 0 Å². The molecule has 0 bridgehead atoms. The Labute approximate surface area is 115 Å². The van der Waals surface area contributed by atoms with Crippen LogP contribution in [0.15, 0.2) is 24.3 Å². The summed E-state index contributed by atoms with van der Waals surface area (Å²) in [5.41, 5.74) is 2.71. The third-order valence-corrected chi connectivity index (χ3v) is 5.02. The van der Waals surface area contributed by atoms with E-state index in [0.29, 0.717) is 11.7 Å². The summed E-state index contributed by atoms with van der Waals surface area (Å²) in [5, 5.41) is 0. The topological polar surface area (TPSA) is 26.3 Å². The Bertz CT molecular complexity index is 469. The quantitative estimate of drug-likeness (QED) is 0.815. The van der Waals surface area contributed by atoms with Crippen LogP contribution in [0.5, 0.6) is 0 Å². The van der Waals surface area contributed by atoms with Crippen molar-refractivity contribution in [3.8, 4) is 0 Å². The molecule has 1 aliphatic heterocycles. The second kappa shape index (κ2) is 4.75. The van der Waals surface area contributed by atoms with E-state index in [1.807, 2.05) is 6.92 Å². The van der Waals surface area contributed by atoms with Crippen molar-refractivity contribution in [2.45, 2.75) is 45.8 Å². The van der Waals surface area contributed by atoms with Gasteiger partial charge in [-0.2, -0.15) is 0 Å². The highest BCUT2D eigenvalue weighted by atomic mass is 16.5. The number of carbonyl (C=O) groups excluding carboxylic acids is 1. The highest BCUT2D eigenvalue weighted by molar-refractivity contribution is 5.86. The van der Waals surface area contributed by atoms with Crippen LogP contribution < -0.4 is 0 Å². The second-order valence-electron chi connectivity index (χ2n) is 6.21. The number of hydrogen-bond acceptors (Lipinski definition) is 2. The lowest BCUT2D eigenvalue weighted by Crippen LogP contribution is -2.32. The zero-order chi connectivity index (χ0) is 13.6. The number of fused-ring (bicyclic) bond motifs is 1. The Kier molecular flexibility index (Phi) is 3.22. The SMILES string of the molecule is CC1OC(C)C(C(=O)C2Cc3ccccc3C2)C1C. The molecule has 0 saturated carbocycles. The van der Waals surface area contributed by atoms with Gasteiger partial charge in [-0.1, -0.05) is 31.2 Å². The van der Waals surface area contributed by atoms with E-state index in [1.165, 1.54) is 11.1 Å². The molecule has 19 heavy (non-hydrogen) atoms. The summed E-state index contributed by atoms with van der Waals surface area (Å²) >= 11 is 0. The minimum Gasteiger partial charge on any atom is -0.375 e. The molecular formula is C17H22O2. The molecule has 1 aromatic carbocycles. The number of carbonyl (C=O) groups is 1. The Hall–Kier alpha value is -1.15. The van der Waals surface area contributed by atoms with E-state index in [1.54, 1.807) is 0 Å². The van der Waals surface area contributed by atoms with Gasteiger partial charge in [-0.25, -0.2) is 0 Å². The average molecular weight is 258 g/mol. The number of rotatable bonds is 2. The molecule has 0 radical (unpaired) electrons. The van der Waals surface area contributed by atoms with Crippen LogP contribution in [0.4, 0.5) is 0 Å². The minimum atomic E-state index is 0.0706. The van der Waals surface area contributed by atoms with Crippen LogP contribution in [0.3, 0.4) is 0 Å². The van der Waals surface area contributed by atoms with Crippen LogP contribution in [-0.2, 0) is 22.4 Å². The smallest absolute Gasteiger partial charge is 0.142 e. The molecule has 1 aromatic rings. The first-order valence-electron chi connectivity index (χ1n) is 7.34. The number of hydrogen-bond donors (Lipinski definition) is 0. The molecule has 102 valence electrons. The summed E-state index contributed by atoms with van der Waals surface area (Å²) in [5.74, 6) is 1.00. The summed E-state index contributed by atoms with van der Waals surface area (Å²) < 4.78 is 5.82. The van der Waals surface area contributed by atoms with Crippen LogP contribution >= 0.6 is 0 Å². The van der Waals surface area contributed by atoms with Crippen LogP contribution in [0.2, 0.25) is 0 Å². The van der Waals surface area contributed by atoms with Crippen molar-refractivity contribution in [1.82, 2.24) is 0 Å². The molecule has 1 heterocycles. The Morgan fingerprint density at radius 3 is 2.11 bits per heavy atom. The van der Waals surface area contributed by atoms with Crippen LogP contribution in [0.1, 0.15) is 31.9 Å². The normalized spacial score (nSPS) is 34.5. The van der Waals surface area contributed by atoms with E-state index in [9.17, 15) is 4.79 Å². The molecule has 0 aromatic heterocycles. The molecule has 0 N–H and O–H groups in total. The van der Waals surface area contributed by atoms with Gasteiger partial charge in [0.1, 0.15) is 5.78 Å². The average Bonchev–Trinajstić information content (AvgIpc) is 2.91. The van der Waals surface area contributed by atoms with Gasteiger partial charge in [-0.05, 0) is 43.7 Å². The van der Waals surface area contributed by atoms with Crippen LogP contribution in [0, 0.1) is 17.8 Å². The van der Waals surface area contributed by atoms with Gasteiger partial charge in [-0.15, -0.1) is 0 Å². The maximum Gasteiger partial charge on any atom is 0.142 e. The lowest BCUT2D eigenvalue weighted by Gasteiger charge is -2.20. The monoisotopic (exact) mass is 258 g/mol. The lowest BCUT2D eigenvalue weighted by atomic mass is 9.80. The van der Waals surface area contributed by atoms with Gasteiger partial charge in [0.05, 0.1) is 12.2 Å². The van der Waals surface area contributed by atoms with Crippen molar-refractivity contribution >= 4 is 5.78 Å². The fourth-order valence-corrected chi connectivity index (χ4v) is 3.79. The lowest BCUT2D eigenvalue weighted by molar-refractivity contribution is -0.128. The van der Waals surface area contributed by atoms with Crippen molar-refractivity contribution < 1.29 is 9.53 Å². The zero-order valence-electron chi connectivity index (χ0n) is 11.9. The highest BCUT2D eigenvalue weighted by Gasteiger charge is 2.44. The maximum absolute atomic E-state index is 12.8. The molecule has 4 unspecified atom stereocenters. The van der Waals surface area contributed by atoms with Gasteiger partial charge < -0.3 is 4.74 Å². The highest BCUT2D eigenvalue weighted by Crippen LogP contribution is 2.37. The molecule has 2 aliphatic rings. The summed E-state index contributed by atoms with van der Waals surface area (Å²) in [6.07, 6.45) is 2.10. The van der Waals surface area contributed by atoms with Crippen molar-refractivity contribution in [2.24, 2.45) is 17.8 Å². The Morgan fingerprint density at radius 2 is 1.63 bits per heavy atom. The first-order chi connectivity index (χ1) is 9.08. The fourth-order valence-electron chi connectivity index (χ4n) is 3.79. The first kappa shape index (κ1) is 12.9. The maximum atomic E-state index is 12.8. The van der Waals surface area contributed by atoms with Gasteiger partial charge in [0, 0.05) is 11.8 Å². The molecule has 2 nitrogen and oxygen atoms in total. The number of ketones is 1. The summed E-state index contributed by atoms with van der Waals surface area (Å²) in [7, 11) is 0. The second-order valence-corrected chi connectivity index (χ2v) is 6.21. The van der Waals surface area contributed by atoms with Gasteiger partial charge in [0.2, 0.25) is 0 Å². The van der Waals surface area contributed by atoms with E-state index < -0.39 is 0 Å². The molecule has 1 saturated heterocycles. The molecule has 0 spiro atoms. The van der Waals surface area contributed by atoms with Gasteiger partial charge in [-0.3, -0.25) is 4.79 Å². The van der Waals surface area contributed by atoms with Gasteiger partial charge in [0.15, 0.2) is 0 Å². The van der Waals surface area contributed by atoms with E-state index in [-0.39, 0.29) is 24.0 Å². The zero-order valence-corrected chi connectivity index (χ0v) is 11.9. The third kappa shape index (κ3) is 2.12. The number of benzene rings is 1. The van der Waals surface area contributed by atoms with Crippen molar-refractivity contribution in [1.29, 1.82) is 0 Å². The Balaban J connectivity index is 1.77. The van der Waals surface area contributed by atoms with Crippen molar-refractivity contribution in [2.75, 3.05) is 0 Å². The van der Waals surface area contributed by atoms with E-state index in [2.05, 4.69) is 38.1 Å². The minimum absolute atomic E-state index is 0.0706. The first-order valence-corrected chi connectivity index (χ1v) is 7.34. The molecule has 1 aliphatic carbocycles. The Morgan fingerprint density at radius 1 is 1.05 bits per heavy atom. The largest absolute Gasteiger partial charge is 0.375 e. The molecule has 2 heteroatoms. The number of ether oxygens (including phenoxy) is 1. The summed E-state index contributed by atoms with van der Waals surface area (Å²) in [4.78, 5) is 12.8. The van der Waals surface area contributed by atoms with Crippen molar-refractivity contribution in [3.05, 3.63) is 35.4 Å². The van der Waals surface area contributed by atoms with E-state index in [0.717, 1.165) is 12.8 Å². The van der Waals surface area contributed by atoms with E-state index >= 15 is 0 Å². The molecular weight excluding hydrogens is 236 g/mol. The molecule has 3 rings (SSSR count). The standard InChI is InChI=1S/C17H22O2/c1-10-11(2)19-12(3)16(10)17(18)15-8-13-6-4-5-7-14(13)9-15/h4-7,10-12,15-16H,8-9H2,1-3H3.